The maximum Gasteiger partial charge on any atom is 0.132 e. The molecule has 5 heteroatoms. The van der Waals surface area contributed by atoms with Crippen molar-refractivity contribution in [3.05, 3.63) is 24.5 Å². The molecule has 1 aromatic heterocycles. The zero-order valence-corrected chi connectivity index (χ0v) is 12.4. The first kappa shape index (κ1) is 14.2. The second-order valence-corrected chi connectivity index (χ2v) is 5.09. The van der Waals surface area contributed by atoms with Crippen molar-refractivity contribution in [1.29, 1.82) is 0 Å². The number of nitrogens with two attached hydrogens (primary N) is 1. The molecular weight excluding hydrogens is 254 g/mol. The lowest BCUT2D eigenvalue weighted by Crippen LogP contribution is -2.07. The van der Waals surface area contributed by atoms with Crippen LogP contribution < -0.4 is 15.2 Å². The summed E-state index contributed by atoms with van der Waals surface area (Å²) in [6.07, 6.45) is 1.77. The quantitative estimate of drug-likeness (QED) is 0.911. The molecule has 1 aromatic carbocycles. The molecule has 108 valence electrons. The van der Waals surface area contributed by atoms with Gasteiger partial charge in [0.05, 0.1) is 20.5 Å². The number of nitrogen functional groups attached to an aromatic ring is 1. The van der Waals surface area contributed by atoms with Crippen LogP contribution in [-0.2, 0) is 6.54 Å². The van der Waals surface area contributed by atoms with E-state index in [0.29, 0.717) is 17.5 Å². The van der Waals surface area contributed by atoms with Crippen molar-refractivity contribution in [3.63, 3.8) is 0 Å². The molecule has 0 aliphatic heterocycles. The van der Waals surface area contributed by atoms with Gasteiger partial charge in [0.1, 0.15) is 23.0 Å². The summed E-state index contributed by atoms with van der Waals surface area (Å²) >= 11 is 0. The lowest BCUT2D eigenvalue weighted by molar-refractivity contribution is 0.395. The van der Waals surface area contributed by atoms with Crippen LogP contribution in [0.1, 0.15) is 13.8 Å². The first-order valence-corrected chi connectivity index (χ1v) is 6.59. The van der Waals surface area contributed by atoms with E-state index in [2.05, 4.69) is 18.8 Å². The van der Waals surface area contributed by atoms with E-state index < -0.39 is 0 Å². The summed E-state index contributed by atoms with van der Waals surface area (Å²) in [5.41, 5.74) is 7.80. The van der Waals surface area contributed by atoms with Gasteiger partial charge in [0.15, 0.2) is 0 Å². The van der Waals surface area contributed by atoms with Gasteiger partial charge in [0, 0.05) is 18.2 Å². The van der Waals surface area contributed by atoms with Crippen molar-refractivity contribution in [2.45, 2.75) is 20.4 Å². The van der Waals surface area contributed by atoms with Gasteiger partial charge in [-0.15, -0.1) is 0 Å². The molecule has 2 aromatic rings. The number of hydrogen-bond donors (Lipinski definition) is 1. The minimum atomic E-state index is 0.511. The fourth-order valence-corrected chi connectivity index (χ4v) is 2.13. The van der Waals surface area contributed by atoms with E-state index in [1.54, 1.807) is 20.5 Å². The van der Waals surface area contributed by atoms with Gasteiger partial charge in [-0.3, -0.25) is 0 Å². The van der Waals surface area contributed by atoms with Crippen LogP contribution >= 0.6 is 0 Å². The van der Waals surface area contributed by atoms with Gasteiger partial charge in [0.25, 0.3) is 0 Å². The number of aromatic nitrogens is 2. The first-order valence-electron chi connectivity index (χ1n) is 6.59. The van der Waals surface area contributed by atoms with Crippen LogP contribution in [0.3, 0.4) is 0 Å². The summed E-state index contributed by atoms with van der Waals surface area (Å²) < 4.78 is 12.6. The number of ether oxygens (including phenoxy) is 2. The molecule has 2 rings (SSSR count). The third kappa shape index (κ3) is 2.71. The molecule has 20 heavy (non-hydrogen) atoms. The van der Waals surface area contributed by atoms with E-state index in [-0.39, 0.29) is 0 Å². The third-order valence-corrected chi connectivity index (χ3v) is 3.10. The van der Waals surface area contributed by atoms with Crippen molar-refractivity contribution >= 4 is 5.82 Å². The molecule has 5 nitrogen and oxygen atoms in total. The Morgan fingerprint density at radius 3 is 2.60 bits per heavy atom. The van der Waals surface area contributed by atoms with Crippen molar-refractivity contribution in [3.8, 4) is 22.8 Å². The largest absolute Gasteiger partial charge is 0.497 e. The van der Waals surface area contributed by atoms with E-state index in [0.717, 1.165) is 23.6 Å². The predicted molar refractivity (Wildman–Crippen MR) is 80.0 cm³/mol. The molecule has 0 aliphatic carbocycles. The number of hydrogen-bond acceptors (Lipinski definition) is 4. The van der Waals surface area contributed by atoms with Crippen LogP contribution in [0.5, 0.6) is 11.5 Å². The second kappa shape index (κ2) is 5.86. The predicted octanol–water partition coefficient (Wildman–Crippen LogP) is 2.81. The van der Waals surface area contributed by atoms with Crippen molar-refractivity contribution in [1.82, 2.24) is 9.55 Å². The maximum absolute atomic E-state index is 6.19. The zero-order valence-electron chi connectivity index (χ0n) is 12.4. The lowest BCUT2D eigenvalue weighted by Gasteiger charge is -2.11. The summed E-state index contributed by atoms with van der Waals surface area (Å²) in [7, 11) is 3.25. The molecule has 0 radical (unpaired) electrons. The van der Waals surface area contributed by atoms with E-state index in [9.17, 15) is 0 Å². The molecule has 0 aliphatic rings. The summed E-state index contributed by atoms with van der Waals surface area (Å²) in [6.45, 7) is 5.14. The number of benzene rings is 1. The van der Waals surface area contributed by atoms with Crippen LogP contribution in [0.25, 0.3) is 11.3 Å². The van der Waals surface area contributed by atoms with Crippen LogP contribution in [0.4, 0.5) is 5.82 Å². The normalized spacial score (nSPS) is 10.8. The van der Waals surface area contributed by atoms with Gasteiger partial charge in [-0.2, -0.15) is 0 Å². The highest BCUT2D eigenvalue weighted by atomic mass is 16.5. The highest BCUT2D eigenvalue weighted by Gasteiger charge is 2.15. The minimum absolute atomic E-state index is 0.511. The molecule has 0 amide bonds. The molecular formula is C15H21N3O2. The van der Waals surface area contributed by atoms with Gasteiger partial charge in [-0.25, -0.2) is 4.98 Å². The monoisotopic (exact) mass is 275 g/mol. The Hall–Kier alpha value is -2.17. The van der Waals surface area contributed by atoms with Gasteiger partial charge in [-0.1, -0.05) is 13.8 Å². The second-order valence-electron chi connectivity index (χ2n) is 5.09. The molecule has 0 saturated heterocycles. The van der Waals surface area contributed by atoms with Crippen LogP contribution in [0.2, 0.25) is 0 Å². The Morgan fingerprint density at radius 1 is 1.25 bits per heavy atom. The highest BCUT2D eigenvalue weighted by molar-refractivity contribution is 5.76. The van der Waals surface area contributed by atoms with Crippen molar-refractivity contribution in [2.24, 2.45) is 5.92 Å². The maximum atomic E-state index is 6.19. The standard InChI is InChI=1S/C15H21N3O2/c1-10(2)8-18-9-17-14(15(18)16)12-6-5-11(19-3)7-13(12)20-4/h5-7,9-10H,8,16H2,1-4H3. The van der Waals surface area contributed by atoms with E-state index in [1.807, 2.05) is 22.8 Å². The molecule has 0 atom stereocenters. The van der Waals surface area contributed by atoms with Gasteiger partial charge in [0.2, 0.25) is 0 Å². The molecule has 0 saturated carbocycles. The summed E-state index contributed by atoms with van der Waals surface area (Å²) in [5, 5.41) is 0. The fourth-order valence-electron chi connectivity index (χ4n) is 2.13. The molecule has 1 heterocycles. The van der Waals surface area contributed by atoms with Crippen molar-refractivity contribution < 1.29 is 9.47 Å². The zero-order chi connectivity index (χ0) is 14.7. The molecule has 0 fully saturated rings. The number of rotatable bonds is 5. The molecule has 0 bridgehead atoms. The Balaban J connectivity index is 2.43. The molecule has 0 unspecified atom stereocenters. The average molecular weight is 275 g/mol. The fraction of sp³-hybridized carbons (Fsp3) is 0.400. The van der Waals surface area contributed by atoms with Crippen LogP contribution in [0.15, 0.2) is 24.5 Å². The van der Waals surface area contributed by atoms with E-state index in [1.165, 1.54) is 0 Å². The van der Waals surface area contributed by atoms with Crippen LogP contribution in [-0.4, -0.2) is 23.8 Å². The summed E-state index contributed by atoms with van der Waals surface area (Å²) in [5.74, 6) is 2.61. The van der Waals surface area contributed by atoms with Crippen molar-refractivity contribution in [2.75, 3.05) is 20.0 Å². The average Bonchev–Trinajstić information content (AvgIpc) is 2.78. The minimum Gasteiger partial charge on any atom is -0.497 e. The summed E-state index contributed by atoms with van der Waals surface area (Å²) in [6, 6.07) is 5.62. The Kier molecular flexibility index (Phi) is 4.17. The number of methoxy groups -OCH3 is 2. The molecule has 2 N–H and O–H groups in total. The third-order valence-electron chi connectivity index (χ3n) is 3.10. The summed E-state index contributed by atoms with van der Waals surface area (Å²) in [4.78, 5) is 4.42. The van der Waals surface area contributed by atoms with Crippen LogP contribution in [0, 0.1) is 5.92 Å². The Bertz CT molecular complexity index is 591. The number of imidazole rings is 1. The smallest absolute Gasteiger partial charge is 0.132 e. The highest BCUT2D eigenvalue weighted by Crippen LogP contribution is 2.35. The van der Waals surface area contributed by atoms with Gasteiger partial charge in [-0.05, 0) is 18.1 Å². The Morgan fingerprint density at radius 2 is 2.00 bits per heavy atom. The lowest BCUT2D eigenvalue weighted by atomic mass is 10.1. The topological polar surface area (TPSA) is 62.3 Å². The van der Waals surface area contributed by atoms with E-state index >= 15 is 0 Å². The number of anilines is 1. The SMILES string of the molecule is COc1ccc(-c2ncn(CC(C)C)c2N)c(OC)c1. The van der Waals surface area contributed by atoms with Gasteiger partial charge < -0.3 is 19.8 Å². The Labute approximate surface area is 119 Å². The number of nitrogens with zero attached hydrogens (tertiary/aromatic N) is 2. The van der Waals surface area contributed by atoms with E-state index in [4.69, 9.17) is 15.2 Å². The van der Waals surface area contributed by atoms with Gasteiger partial charge >= 0.3 is 0 Å². The first-order chi connectivity index (χ1) is 9.56. The molecule has 0 spiro atoms.